The molecule has 0 aromatic rings. The van der Waals surface area contributed by atoms with Gasteiger partial charge in [-0.15, -0.1) is 0 Å². The van der Waals surface area contributed by atoms with E-state index in [1.807, 2.05) is 0 Å². The fourth-order valence-electron chi connectivity index (χ4n) is 0.521. The Labute approximate surface area is 91.3 Å². The minimum Gasteiger partial charge on any atom is -0.258 e. The van der Waals surface area contributed by atoms with Gasteiger partial charge in [-0.05, 0) is 12.8 Å². The molecule has 0 aromatic carbocycles. The second kappa shape index (κ2) is 6.09. The summed E-state index contributed by atoms with van der Waals surface area (Å²) in [6.45, 7) is -0.255. The Balaban J connectivity index is 3.41. The maximum atomic E-state index is 10.2. The molecule has 0 bridgehead atoms. The number of halogens is 2. The largest absolute Gasteiger partial charge is 0.355 e. The molecule has 0 aliphatic heterocycles. The molecule has 0 unspecified atom stereocenters. The molecule has 0 spiro atoms. The summed E-state index contributed by atoms with van der Waals surface area (Å²) in [4.78, 5) is 0. The molecule has 0 radical (unpaired) electrons. The van der Waals surface area contributed by atoms with Gasteiger partial charge >= 0.3 is 18.7 Å². The summed E-state index contributed by atoms with van der Waals surface area (Å²) in [6, 6.07) is 0. The van der Waals surface area contributed by atoms with Crippen LogP contribution in [0.3, 0.4) is 0 Å². The van der Waals surface area contributed by atoms with Crippen LogP contribution in [0.2, 0.25) is 0 Å². The topological polar surface area (TPSA) is 86.7 Å². The molecule has 0 aliphatic rings. The van der Waals surface area contributed by atoms with Crippen LogP contribution in [-0.2, 0) is 27.0 Å². The van der Waals surface area contributed by atoms with Crippen molar-refractivity contribution in [3.63, 3.8) is 0 Å². The fraction of sp³-hybridized carbons (Fsp3) is 1.00. The van der Waals surface area contributed by atoms with Crippen molar-refractivity contribution in [2.45, 2.75) is 12.8 Å². The van der Waals surface area contributed by atoms with Crippen molar-refractivity contribution in [2.75, 3.05) is 13.2 Å². The zero-order chi connectivity index (χ0) is 11.2. The van der Waals surface area contributed by atoms with E-state index in [0.29, 0.717) is 12.8 Å². The molecule has 0 aliphatic carbocycles. The maximum absolute atomic E-state index is 10.2. The van der Waals surface area contributed by atoms with Gasteiger partial charge in [0.05, 0.1) is 13.2 Å². The lowest BCUT2D eigenvalue weighted by atomic mass is 10.3. The predicted octanol–water partition coefficient (Wildman–Crippen LogP) is 0.767. The minimum atomic E-state index is -3.95. The van der Waals surface area contributed by atoms with Gasteiger partial charge in [-0.25, -0.2) is 0 Å². The lowest BCUT2D eigenvalue weighted by Gasteiger charge is -1.99. The van der Waals surface area contributed by atoms with Crippen LogP contribution in [-0.4, -0.2) is 30.0 Å². The second-order valence-electron chi connectivity index (χ2n) is 2.14. The Morgan fingerprint density at radius 3 is 1.29 bits per heavy atom. The van der Waals surface area contributed by atoms with E-state index in [4.69, 9.17) is 21.4 Å². The average molecular weight is 287 g/mol. The summed E-state index contributed by atoms with van der Waals surface area (Å²) in [5.41, 5.74) is 0. The molecule has 0 fully saturated rings. The summed E-state index contributed by atoms with van der Waals surface area (Å²) in [5.74, 6) is 0. The van der Waals surface area contributed by atoms with Crippen LogP contribution in [0.5, 0.6) is 0 Å². The van der Waals surface area contributed by atoms with E-state index >= 15 is 0 Å². The molecular formula is C4H8Cl2O6S2. The van der Waals surface area contributed by atoms with E-state index < -0.39 is 18.7 Å². The van der Waals surface area contributed by atoms with E-state index in [9.17, 15) is 16.8 Å². The van der Waals surface area contributed by atoms with E-state index in [0.717, 1.165) is 0 Å². The molecule has 0 saturated heterocycles. The monoisotopic (exact) mass is 286 g/mol. The van der Waals surface area contributed by atoms with Crippen molar-refractivity contribution in [3.05, 3.63) is 0 Å². The van der Waals surface area contributed by atoms with Crippen molar-refractivity contribution in [3.8, 4) is 0 Å². The Morgan fingerprint density at radius 2 is 1.07 bits per heavy atom. The van der Waals surface area contributed by atoms with Crippen molar-refractivity contribution in [1.82, 2.24) is 0 Å². The highest BCUT2D eigenvalue weighted by Crippen LogP contribution is 2.03. The van der Waals surface area contributed by atoms with Gasteiger partial charge in [0.2, 0.25) is 0 Å². The van der Waals surface area contributed by atoms with Crippen molar-refractivity contribution >= 4 is 40.0 Å². The highest BCUT2D eigenvalue weighted by Gasteiger charge is 2.06. The molecular weight excluding hydrogens is 279 g/mol. The SMILES string of the molecule is O=S(=O)(Cl)OCCCCOS(=O)(=O)Cl. The standard InChI is InChI=1S/C4H8Cl2O6S2/c5-13(7,8)11-3-1-2-4-12-14(6,9)10/h1-4H2. The van der Waals surface area contributed by atoms with Crippen LogP contribution < -0.4 is 0 Å². The van der Waals surface area contributed by atoms with Gasteiger partial charge in [0.15, 0.2) is 0 Å². The number of hydrogen-bond donors (Lipinski definition) is 0. The first-order chi connectivity index (χ1) is 6.21. The van der Waals surface area contributed by atoms with Gasteiger partial charge < -0.3 is 0 Å². The summed E-state index contributed by atoms with van der Waals surface area (Å²) >= 11 is 0. The van der Waals surface area contributed by atoms with Crippen LogP contribution in [0.25, 0.3) is 0 Å². The van der Waals surface area contributed by atoms with Gasteiger partial charge in [-0.1, -0.05) is 0 Å². The van der Waals surface area contributed by atoms with Crippen LogP contribution in [0, 0.1) is 0 Å². The lowest BCUT2D eigenvalue weighted by Crippen LogP contribution is -2.03. The third-order valence-corrected chi connectivity index (χ3v) is 2.42. The second-order valence-corrected chi connectivity index (χ2v) is 6.45. The molecule has 0 saturated carbocycles. The predicted molar refractivity (Wildman–Crippen MR) is 50.7 cm³/mol. The summed E-state index contributed by atoms with van der Waals surface area (Å²) in [7, 11) is 1.54. The summed E-state index contributed by atoms with van der Waals surface area (Å²) in [6.07, 6.45) is 0.580. The first kappa shape index (κ1) is 14.4. The van der Waals surface area contributed by atoms with Gasteiger partial charge in [-0.3, -0.25) is 8.37 Å². The highest BCUT2D eigenvalue weighted by molar-refractivity contribution is 8.10. The van der Waals surface area contributed by atoms with E-state index in [1.54, 1.807) is 0 Å². The minimum absolute atomic E-state index is 0.127. The van der Waals surface area contributed by atoms with Crippen LogP contribution in [0.15, 0.2) is 0 Å². The Kier molecular flexibility index (Phi) is 6.26. The fourth-order valence-corrected chi connectivity index (χ4v) is 1.53. The van der Waals surface area contributed by atoms with Gasteiger partial charge in [0.1, 0.15) is 0 Å². The van der Waals surface area contributed by atoms with Crippen molar-refractivity contribution in [1.29, 1.82) is 0 Å². The average Bonchev–Trinajstić information content (AvgIpc) is 1.92. The molecule has 0 aromatic heterocycles. The zero-order valence-corrected chi connectivity index (χ0v) is 10.00. The van der Waals surface area contributed by atoms with Gasteiger partial charge in [0, 0.05) is 21.4 Å². The normalized spacial score (nSPS) is 13.0. The van der Waals surface area contributed by atoms with E-state index in [2.05, 4.69) is 8.37 Å². The molecule has 0 N–H and O–H groups in total. The summed E-state index contributed by atoms with van der Waals surface area (Å²) in [5, 5.41) is 0. The first-order valence-electron chi connectivity index (χ1n) is 3.39. The third kappa shape index (κ3) is 12.4. The van der Waals surface area contributed by atoms with Crippen LogP contribution >= 0.6 is 21.4 Å². The number of unbranched alkanes of at least 4 members (excludes halogenated alkanes) is 1. The smallest absolute Gasteiger partial charge is 0.258 e. The molecule has 0 amide bonds. The quantitative estimate of drug-likeness (QED) is 0.507. The molecule has 14 heavy (non-hydrogen) atoms. The number of rotatable bonds is 7. The maximum Gasteiger partial charge on any atom is 0.355 e. The lowest BCUT2D eigenvalue weighted by molar-refractivity contribution is 0.279. The molecule has 0 atom stereocenters. The zero-order valence-electron chi connectivity index (χ0n) is 6.85. The van der Waals surface area contributed by atoms with Gasteiger partial charge in [-0.2, -0.15) is 16.8 Å². The van der Waals surface area contributed by atoms with Crippen molar-refractivity contribution in [2.24, 2.45) is 0 Å². The van der Waals surface area contributed by atoms with E-state index in [1.165, 1.54) is 0 Å². The Hall–Kier alpha value is 0.400. The van der Waals surface area contributed by atoms with Crippen molar-refractivity contribution < 1.29 is 25.2 Å². The van der Waals surface area contributed by atoms with Gasteiger partial charge in [0.25, 0.3) is 0 Å². The molecule has 10 heteroatoms. The molecule has 0 rings (SSSR count). The Bertz CT molecular complexity index is 310. The molecule has 86 valence electrons. The van der Waals surface area contributed by atoms with E-state index in [-0.39, 0.29) is 13.2 Å². The molecule has 0 heterocycles. The number of hydrogen-bond acceptors (Lipinski definition) is 6. The molecule has 6 nitrogen and oxygen atoms in total. The Morgan fingerprint density at radius 1 is 0.786 bits per heavy atom. The highest BCUT2D eigenvalue weighted by atomic mass is 35.7. The summed E-state index contributed by atoms with van der Waals surface area (Å²) < 4.78 is 49.2. The van der Waals surface area contributed by atoms with Crippen LogP contribution in [0.4, 0.5) is 0 Å². The first-order valence-corrected chi connectivity index (χ1v) is 7.85. The van der Waals surface area contributed by atoms with Crippen LogP contribution in [0.1, 0.15) is 12.8 Å². The third-order valence-electron chi connectivity index (χ3n) is 0.987.